The first-order valence-corrected chi connectivity index (χ1v) is 11.3. The van der Waals surface area contributed by atoms with Gasteiger partial charge in [-0.3, -0.25) is 9.52 Å². The van der Waals surface area contributed by atoms with E-state index in [2.05, 4.69) is 20.2 Å². The maximum absolute atomic E-state index is 12.2. The monoisotopic (exact) mass is 436 g/mol. The van der Waals surface area contributed by atoms with Crippen molar-refractivity contribution in [2.45, 2.75) is 19.8 Å². The number of methoxy groups -OCH3 is 1. The van der Waals surface area contributed by atoms with Crippen LogP contribution in [0, 0.1) is 0 Å². The molecule has 0 aliphatic rings. The van der Waals surface area contributed by atoms with E-state index in [1.807, 2.05) is 16.8 Å². The highest BCUT2D eigenvalue weighted by Gasteiger charge is 2.14. The Balaban J connectivity index is 1.59. The molecule has 0 saturated heterocycles. The van der Waals surface area contributed by atoms with Crippen molar-refractivity contribution in [3.05, 3.63) is 40.9 Å². The molecule has 0 saturated carbocycles. The van der Waals surface area contributed by atoms with Gasteiger partial charge in [-0.05, 0) is 30.5 Å². The van der Waals surface area contributed by atoms with E-state index >= 15 is 0 Å². The van der Waals surface area contributed by atoms with E-state index in [-0.39, 0.29) is 18.1 Å². The summed E-state index contributed by atoms with van der Waals surface area (Å²) in [7, 11) is -2.01. The van der Waals surface area contributed by atoms with Crippen LogP contribution in [0.1, 0.15) is 19.2 Å². The van der Waals surface area contributed by atoms with Gasteiger partial charge < -0.3 is 14.6 Å². The molecule has 9 nitrogen and oxygen atoms in total. The molecule has 0 atom stereocenters. The number of hydrogen-bond donors (Lipinski definition) is 2. The summed E-state index contributed by atoms with van der Waals surface area (Å²) in [6, 6.07) is 6.57. The summed E-state index contributed by atoms with van der Waals surface area (Å²) < 4.78 is 36.3. The predicted molar refractivity (Wildman–Crippen MR) is 111 cm³/mol. The molecule has 3 aromatic rings. The third-order valence-corrected chi connectivity index (χ3v) is 5.92. The van der Waals surface area contributed by atoms with Gasteiger partial charge in [0, 0.05) is 35.5 Å². The van der Waals surface area contributed by atoms with E-state index in [4.69, 9.17) is 9.26 Å². The first-order chi connectivity index (χ1) is 13.9. The molecule has 2 aromatic heterocycles. The third-order valence-electron chi connectivity index (χ3n) is 3.94. The van der Waals surface area contributed by atoms with Crippen molar-refractivity contribution in [2.75, 3.05) is 22.9 Å². The molecule has 2 heterocycles. The number of amides is 1. The number of aromatic nitrogens is 2. The number of rotatable bonds is 9. The molecule has 1 aromatic carbocycles. The van der Waals surface area contributed by atoms with Crippen molar-refractivity contribution in [3.63, 3.8) is 0 Å². The number of nitrogens with zero attached hydrogens (tertiary/aromatic N) is 2. The Morgan fingerprint density at radius 1 is 1.31 bits per heavy atom. The quantitative estimate of drug-likeness (QED) is 0.528. The minimum atomic E-state index is -3.43. The molecule has 0 unspecified atom stereocenters. The predicted octanol–water partition coefficient (Wildman–Crippen LogP) is 3.14. The number of benzene rings is 1. The highest BCUT2D eigenvalue weighted by atomic mass is 32.2. The molecule has 1 amide bonds. The molecule has 2 N–H and O–H groups in total. The zero-order chi connectivity index (χ0) is 20.9. The minimum Gasteiger partial charge on any atom is -0.494 e. The number of sulfonamides is 1. The van der Waals surface area contributed by atoms with E-state index in [0.717, 1.165) is 5.56 Å². The van der Waals surface area contributed by atoms with E-state index in [1.165, 1.54) is 31.4 Å². The van der Waals surface area contributed by atoms with Gasteiger partial charge in [0.25, 0.3) is 0 Å². The van der Waals surface area contributed by atoms with Crippen LogP contribution < -0.4 is 14.8 Å². The Hall–Kier alpha value is -2.92. The Labute approximate surface area is 172 Å². The highest BCUT2D eigenvalue weighted by molar-refractivity contribution is 7.92. The molecule has 0 aliphatic carbocycles. The third kappa shape index (κ3) is 5.55. The number of thiophene rings is 1. The Morgan fingerprint density at radius 2 is 2.14 bits per heavy atom. The smallest absolute Gasteiger partial charge is 0.232 e. The molecule has 0 bridgehead atoms. The number of hydrogen-bond acceptors (Lipinski definition) is 8. The number of carbonyl (C=O) groups is 1. The Kier molecular flexibility index (Phi) is 6.49. The number of aryl methyl sites for hydroxylation is 1. The van der Waals surface area contributed by atoms with E-state index in [1.54, 1.807) is 12.1 Å². The Morgan fingerprint density at radius 3 is 2.83 bits per heavy atom. The van der Waals surface area contributed by atoms with E-state index < -0.39 is 10.0 Å². The standard InChI is InChI=1S/C18H20N4O5S2/c1-3-29(24,25)22-14-5-4-13(10-15(14)26-2)19-16(23)6-7-17-20-18(21-27-17)12-8-9-28-11-12/h4-5,8-11,22H,3,6-7H2,1-2H3,(H,19,23). The van der Waals surface area contributed by atoms with Crippen LogP contribution in [0.15, 0.2) is 39.5 Å². The van der Waals surface area contributed by atoms with Crippen molar-refractivity contribution < 1.29 is 22.5 Å². The first kappa shape index (κ1) is 20.8. The maximum Gasteiger partial charge on any atom is 0.232 e. The fourth-order valence-corrected chi connectivity index (χ4v) is 3.68. The lowest BCUT2D eigenvalue weighted by molar-refractivity contribution is -0.116. The first-order valence-electron chi connectivity index (χ1n) is 8.73. The number of carbonyl (C=O) groups excluding carboxylic acids is 1. The van der Waals surface area contributed by atoms with Crippen LogP contribution in [-0.4, -0.2) is 37.3 Å². The summed E-state index contributed by atoms with van der Waals surface area (Å²) in [6.45, 7) is 1.54. The zero-order valence-corrected chi connectivity index (χ0v) is 17.5. The van der Waals surface area contributed by atoms with Crippen LogP contribution in [0.4, 0.5) is 11.4 Å². The zero-order valence-electron chi connectivity index (χ0n) is 15.8. The van der Waals surface area contributed by atoms with Crippen LogP contribution >= 0.6 is 11.3 Å². The van der Waals surface area contributed by atoms with Crippen molar-refractivity contribution in [2.24, 2.45) is 0 Å². The summed E-state index contributed by atoms with van der Waals surface area (Å²) in [6.07, 6.45) is 0.451. The lowest BCUT2D eigenvalue weighted by atomic mass is 10.2. The van der Waals surface area contributed by atoms with Gasteiger partial charge in [0.1, 0.15) is 5.75 Å². The topological polar surface area (TPSA) is 123 Å². The van der Waals surface area contributed by atoms with Crippen LogP contribution in [-0.2, 0) is 21.2 Å². The molecule has 0 aliphatic heterocycles. The molecule has 0 fully saturated rings. The van der Waals surface area contributed by atoms with Crippen molar-refractivity contribution >= 4 is 38.6 Å². The number of nitrogens with one attached hydrogen (secondary N) is 2. The van der Waals surface area contributed by atoms with Crippen molar-refractivity contribution in [1.29, 1.82) is 0 Å². The van der Waals surface area contributed by atoms with Gasteiger partial charge in [-0.1, -0.05) is 5.16 Å². The van der Waals surface area contributed by atoms with Crippen LogP contribution in [0.5, 0.6) is 5.75 Å². The second-order valence-corrected chi connectivity index (χ2v) is 8.78. The molecule has 29 heavy (non-hydrogen) atoms. The summed E-state index contributed by atoms with van der Waals surface area (Å²) >= 11 is 1.54. The van der Waals surface area contributed by atoms with Crippen LogP contribution in [0.25, 0.3) is 11.4 Å². The molecular weight excluding hydrogens is 416 g/mol. The summed E-state index contributed by atoms with van der Waals surface area (Å²) in [5.74, 6) is 0.874. The van der Waals surface area contributed by atoms with Crippen LogP contribution in [0.3, 0.4) is 0 Å². The lowest BCUT2D eigenvalue weighted by Crippen LogP contribution is -2.16. The largest absolute Gasteiger partial charge is 0.494 e. The van der Waals surface area contributed by atoms with Gasteiger partial charge in [0.2, 0.25) is 27.6 Å². The van der Waals surface area contributed by atoms with Gasteiger partial charge in [-0.2, -0.15) is 16.3 Å². The summed E-state index contributed by atoms with van der Waals surface area (Å²) in [5, 5.41) is 10.5. The van der Waals surface area contributed by atoms with Gasteiger partial charge in [-0.15, -0.1) is 0 Å². The summed E-state index contributed by atoms with van der Waals surface area (Å²) in [4.78, 5) is 16.5. The Bertz CT molecular complexity index is 1080. The normalized spacial score (nSPS) is 11.2. The van der Waals surface area contributed by atoms with E-state index in [0.29, 0.717) is 35.3 Å². The number of anilines is 2. The highest BCUT2D eigenvalue weighted by Crippen LogP contribution is 2.29. The van der Waals surface area contributed by atoms with Gasteiger partial charge in [0.05, 0.1) is 18.6 Å². The molecule has 3 rings (SSSR count). The maximum atomic E-state index is 12.2. The van der Waals surface area contributed by atoms with Crippen LogP contribution in [0.2, 0.25) is 0 Å². The fourth-order valence-electron chi connectivity index (χ4n) is 2.40. The van der Waals surface area contributed by atoms with Crippen molar-refractivity contribution in [3.8, 4) is 17.1 Å². The fraction of sp³-hybridized carbons (Fsp3) is 0.278. The average Bonchev–Trinajstić information content (AvgIpc) is 3.39. The second-order valence-electron chi connectivity index (χ2n) is 5.99. The second kappa shape index (κ2) is 9.05. The summed E-state index contributed by atoms with van der Waals surface area (Å²) in [5.41, 5.74) is 1.66. The van der Waals surface area contributed by atoms with Gasteiger partial charge >= 0.3 is 0 Å². The molecule has 0 radical (unpaired) electrons. The van der Waals surface area contributed by atoms with Gasteiger partial charge in [-0.25, -0.2) is 8.42 Å². The van der Waals surface area contributed by atoms with E-state index in [9.17, 15) is 13.2 Å². The molecule has 11 heteroatoms. The number of ether oxygens (including phenoxy) is 1. The lowest BCUT2D eigenvalue weighted by Gasteiger charge is -2.13. The van der Waals surface area contributed by atoms with Gasteiger partial charge in [0.15, 0.2) is 0 Å². The SMILES string of the molecule is CCS(=O)(=O)Nc1ccc(NC(=O)CCc2nc(-c3ccsc3)no2)cc1OC. The molecule has 154 valence electrons. The molecular formula is C18H20N4O5S2. The molecule has 0 spiro atoms. The minimum absolute atomic E-state index is 0.0571. The average molecular weight is 437 g/mol. The van der Waals surface area contributed by atoms with Crippen molar-refractivity contribution in [1.82, 2.24) is 10.1 Å².